The lowest BCUT2D eigenvalue weighted by Crippen LogP contribution is -2.37. The van der Waals surface area contributed by atoms with E-state index in [4.69, 9.17) is 4.74 Å². The van der Waals surface area contributed by atoms with Crippen LogP contribution in [0.3, 0.4) is 0 Å². The van der Waals surface area contributed by atoms with E-state index >= 15 is 0 Å². The zero-order valence-corrected chi connectivity index (χ0v) is 12.1. The predicted octanol–water partition coefficient (Wildman–Crippen LogP) is 3.52. The van der Waals surface area contributed by atoms with Crippen LogP contribution >= 0.6 is 0 Å². The Balaban J connectivity index is 2.00. The molecule has 2 aromatic rings. The molecule has 0 N–H and O–H groups in total. The quantitative estimate of drug-likeness (QED) is 0.847. The van der Waals surface area contributed by atoms with Gasteiger partial charge in [0.2, 0.25) is 5.91 Å². The van der Waals surface area contributed by atoms with Crippen molar-refractivity contribution in [3.8, 4) is 0 Å². The summed E-state index contributed by atoms with van der Waals surface area (Å²) in [5.74, 6) is -0.436. The lowest BCUT2D eigenvalue weighted by atomic mass is 10.0. The minimum Gasteiger partial charge on any atom is -0.446 e. The molecule has 4 heteroatoms. The van der Waals surface area contributed by atoms with E-state index in [1.54, 1.807) is 13.8 Å². The Labute approximate surface area is 123 Å². The fraction of sp³-hybridized carbons (Fsp3) is 0.294. The number of ether oxygens (including phenoxy) is 1. The number of carbonyl (C=O) groups is 2. The fourth-order valence-corrected chi connectivity index (χ4v) is 2.60. The van der Waals surface area contributed by atoms with Crippen molar-refractivity contribution in [3.05, 3.63) is 48.0 Å². The van der Waals surface area contributed by atoms with Gasteiger partial charge in [-0.2, -0.15) is 0 Å². The van der Waals surface area contributed by atoms with E-state index in [1.165, 1.54) is 4.90 Å². The highest BCUT2D eigenvalue weighted by Crippen LogP contribution is 2.31. The normalized spacial score (nSPS) is 18.3. The summed E-state index contributed by atoms with van der Waals surface area (Å²) in [5.41, 5.74) is 0.925. The first-order valence-corrected chi connectivity index (χ1v) is 7.06. The van der Waals surface area contributed by atoms with E-state index in [2.05, 4.69) is 0 Å². The van der Waals surface area contributed by atoms with Crippen molar-refractivity contribution in [3.63, 3.8) is 0 Å². The van der Waals surface area contributed by atoms with Crippen LogP contribution in [-0.2, 0) is 9.53 Å². The third-order valence-corrected chi connectivity index (χ3v) is 3.76. The summed E-state index contributed by atoms with van der Waals surface area (Å²) in [6.07, 6.45) is -0.549. The number of amides is 2. The molecule has 1 aliphatic heterocycles. The number of carbonyl (C=O) groups excluding carboxylic acids is 2. The minimum absolute atomic E-state index is 0.198. The molecule has 1 atom stereocenters. The van der Waals surface area contributed by atoms with Crippen molar-refractivity contribution in [2.75, 3.05) is 6.61 Å². The molecule has 4 nitrogen and oxygen atoms in total. The first-order valence-electron chi connectivity index (χ1n) is 7.06. The van der Waals surface area contributed by atoms with Crippen molar-refractivity contribution in [2.24, 2.45) is 5.92 Å². The van der Waals surface area contributed by atoms with Crippen LogP contribution in [0.15, 0.2) is 42.5 Å². The van der Waals surface area contributed by atoms with Gasteiger partial charge in [-0.05, 0) is 22.4 Å². The number of fused-ring (bicyclic) bond motifs is 1. The Morgan fingerprint density at radius 1 is 1.19 bits per heavy atom. The summed E-state index contributed by atoms with van der Waals surface area (Å²) in [6, 6.07) is 13.6. The third kappa shape index (κ3) is 2.37. The van der Waals surface area contributed by atoms with E-state index in [9.17, 15) is 9.59 Å². The predicted molar refractivity (Wildman–Crippen MR) is 79.7 cm³/mol. The summed E-state index contributed by atoms with van der Waals surface area (Å²) in [7, 11) is 0. The van der Waals surface area contributed by atoms with Crippen LogP contribution < -0.4 is 0 Å². The van der Waals surface area contributed by atoms with Crippen molar-refractivity contribution in [1.82, 2.24) is 4.90 Å². The number of hydrogen-bond donors (Lipinski definition) is 0. The third-order valence-electron chi connectivity index (χ3n) is 3.76. The molecule has 108 valence electrons. The van der Waals surface area contributed by atoms with Crippen molar-refractivity contribution in [1.29, 1.82) is 0 Å². The van der Waals surface area contributed by atoms with E-state index in [-0.39, 0.29) is 24.5 Å². The molecular formula is C17H17NO3. The molecule has 21 heavy (non-hydrogen) atoms. The highest BCUT2D eigenvalue weighted by atomic mass is 16.6. The number of rotatable bonds is 2. The summed E-state index contributed by atoms with van der Waals surface area (Å²) in [6.45, 7) is 3.78. The maximum atomic E-state index is 12.2. The number of hydrogen-bond acceptors (Lipinski definition) is 3. The second-order valence-corrected chi connectivity index (χ2v) is 5.56. The van der Waals surface area contributed by atoms with Crippen molar-refractivity contribution < 1.29 is 14.3 Å². The molecule has 1 fully saturated rings. The molecule has 0 spiro atoms. The maximum absolute atomic E-state index is 12.2. The van der Waals surface area contributed by atoms with Crippen LogP contribution in [0.2, 0.25) is 0 Å². The first kappa shape index (κ1) is 13.6. The molecule has 2 amide bonds. The number of nitrogens with zero attached hydrogens (tertiary/aromatic N) is 1. The van der Waals surface area contributed by atoms with E-state index < -0.39 is 6.09 Å². The fourth-order valence-electron chi connectivity index (χ4n) is 2.60. The molecule has 0 saturated carbocycles. The summed E-state index contributed by atoms with van der Waals surface area (Å²) in [4.78, 5) is 25.3. The maximum Gasteiger partial charge on any atom is 0.417 e. The second kappa shape index (κ2) is 5.20. The zero-order valence-electron chi connectivity index (χ0n) is 12.1. The number of imide groups is 1. The molecular weight excluding hydrogens is 266 g/mol. The highest BCUT2D eigenvalue weighted by Gasteiger charge is 2.39. The Hall–Kier alpha value is -2.36. The van der Waals surface area contributed by atoms with Crippen LogP contribution in [0.1, 0.15) is 25.5 Å². The number of cyclic esters (lactones) is 1. The van der Waals surface area contributed by atoms with Gasteiger partial charge in [-0.25, -0.2) is 9.69 Å². The molecule has 0 aliphatic carbocycles. The molecule has 3 rings (SSSR count). The molecule has 1 aliphatic rings. The van der Waals surface area contributed by atoms with Gasteiger partial charge in [-0.3, -0.25) is 4.79 Å². The Kier molecular flexibility index (Phi) is 3.37. The van der Waals surface area contributed by atoms with E-state index in [1.807, 2.05) is 42.5 Å². The van der Waals surface area contributed by atoms with Gasteiger partial charge in [0.05, 0.1) is 0 Å². The standard InChI is InChI=1S/C17H17NO3/c1-11(2)16(19)18-15(10-21-17(18)20)14-8-7-12-5-3-4-6-13(12)9-14/h3-9,11,15H,10H2,1-2H3/t15-/m1/s1. The van der Waals surface area contributed by atoms with Gasteiger partial charge in [-0.1, -0.05) is 50.2 Å². The largest absolute Gasteiger partial charge is 0.446 e. The van der Waals surface area contributed by atoms with Gasteiger partial charge in [0.15, 0.2) is 0 Å². The Bertz CT molecular complexity index is 708. The summed E-state index contributed by atoms with van der Waals surface area (Å²) >= 11 is 0. The molecule has 1 heterocycles. The van der Waals surface area contributed by atoms with Crippen LogP contribution in [0, 0.1) is 5.92 Å². The average Bonchev–Trinajstić information content (AvgIpc) is 2.87. The molecule has 0 radical (unpaired) electrons. The molecule has 1 saturated heterocycles. The van der Waals surface area contributed by atoms with Gasteiger partial charge >= 0.3 is 6.09 Å². The molecule has 0 unspecified atom stereocenters. The molecule has 2 aromatic carbocycles. The van der Waals surface area contributed by atoms with Crippen molar-refractivity contribution >= 4 is 22.8 Å². The first-order chi connectivity index (χ1) is 10.1. The van der Waals surface area contributed by atoms with Crippen LogP contribution in [0.25, 0.3) is 10.8 Å². The topological polar surface area (TPSA) is 46.6 Å². The van der Waals surface area contributed by atoms with Gasteiger partial charge in [0, 0.05) is 5.92 Å². The van der Waals surface area contributed by atoms with Crippen LogP contribution in [-0.4, -0.2) is 23.5 Å². The van der Waals surface area contributed by atoms with Gasteiger partial charge in [0.1, 0.15) is 12.6 Å². The van der Waals surface area contributed by atoms with E-state index in [0.717, 1.165) is 16.3 Å². The lowest BCUT2D eigenvalue weighted by molar-refractivity contribution is -0.132. The Morgan fingerprint density at radius 2 is 1.90 bits per heavy atom. The molecule has 0 aromatic heterocycles. The van der Waals surface area contributed by atoms with Gasteiger partial charge < -0.3 is 4.74 Å². The SMILES string of the molecule is CC(C)C(=O)N1C(=O)OC[C@@H]1c1ccc2ccccc2c1. The second-order valence-electron chi connectivity index (χ2n) is 5.56. The van der Waals surface area contributed by atoms with Crippen molar-refractivity contribution in [2.45, 2.75) is 19.9 Å². The minimum atomic E-state index is -0.549. The monoisotopic (exact) mass is 283 g/mol. The van der Waals surface area contributed by atoms with E-state index in [0.29, 0.717) is 0 Å². The van der Waals surface area contributed by atoms with Gasteiger partial charge in [0.25, 0.3) is 0 Å². The average molecular weight is 283 g/mol. The lowest BCUT2D eigenvalue weighted by Gasteiger charge is -2.21. The van der Waals surface area contributed by atoms with Crippen LogP contribution in [0.5, 0.6) is 0 Å². The highest BCUT2D eigenvalue weighted by molar-refractivity contribution is 5.95. The number of benzene rings is 2. The van der Waals surface area contributed by atoms with Gasteiger partial charge in [-0.15, -0.1) is 0 Å². The zero-order chi connectivity index (χ0) is 15.0. The summed E-state index contributed by atoms with van der Waals surface area (Å²) < 4.78 is 5.08. The smallest absolute Gasteiger partial charge is 0.417 e. The summed E-state index contributed by atoms with van der Waals surface area (Å²) in [5, 5.41) is 2.22. The van der Waals surface area contributed by atoms with Crippen LogP contribution in [0.4, 0.5) is 4.79 Å². The molecule has 0 bridgehead atoms. The Morgan fingerprint density at radius 3 is 2.62 bits per heavy atom.